The number of aliphatic hydroxyl groups excluding tert-OH is 1. The Balaban J connectivity index is 2.08. The number of halogens is 2. The van der Waals surface area contributed by atoms with Crippen molar-refractivity contribution < 1.29 is 5.11 Å². The first-order valence-corrected chi connectivity index (χ1v) is 7.65. The Hall–Kier alpha value is -0.420. The minimum atomic E-state index is -0.557. The monoisotopic (exact) mass is 345 g/mol. The fourth-order valence-electron chi connectivity index (χ4n) is 1.61. The number of rotatable bonds is 4. The number of aryl methyl sites for hydroxylation is 1. The molecule has 2 rings (SSSR count). The van der Waals surface area contributed by atoms with E-state index in [0.717, 1.165) is 21.5 Å². The minimum absolute atomic E-state index is 0.507. The van der Waals surface area contributed by atoms with E-state index in [9.17, 15) is 5.11 Å². The Morgan fingerprint density at radius 1 is 1.50 bits per heavy atom. The maximum Gasteiger partial charge on any atom is 0.107 e. The second-order valence-corrected chi connectivity index (χ2v) is 6.54. The third-order valence-corrected chi connectivity index (χ3v) is 5.27. The highest BCUT2D eigenvalue weighted by Crippen LogP contribution is 2.35. The van der Waals surface area contributed by atoms with Gasteiger partial charge in [0.25, 0.3) is 0 Å². The molecular formula is C13H13BrClNOS. The van der Waals surface area contributed by atoms with Crippen LogP contribution in [0.5, 0.6) is 0 Å². The van der Waals surface area contributed by atoms with E-state index in [1.54, 1.807) is 0 Å². The molecule has 18 heavy (non-hydrogen) atoms. The topological polar surface area (TPSA) is 33.1 Å². The Bertz CT molecular complexity index is 507. The summed E-state index contributed by atoms with van der Waals surface area (Å²) < 4.78 is 1.50. The molecule has 2 nitrogen and oxygen atoms in total. The number of aliphatic hydroxyl groups is 1. The Labute approximate surface area is 124 Å². The predicted octanol–water partition coefficient (Wildman–Crippen LogP) is 4.40. The van der Waals surface area contributed by atoms with Crippen molar-refractivity contribution in [3.05, 3.63) is 49.3 Å². The second-order valence-electron chi connectivity index (χ2n) is 4.00. The molecule has 2 aromatic rings. The van der Waals surface area contributed by atoms with Crippen LogP contribution in [0.1, 0.15) is 29.2 Å². The lowest BCUT2D eigenvalue weighted by Gasteiger charge is -2.08. The maximum atomic E-state index is 10.1. The summed E-state index contributed by atoms with van der Waals surface area (Å²) in [6, 6.07) is 5.87. The van der Waals surface area contributed by atoms with Gasteiger partial charge in [-0.15, -0.1) is 11.3 Å². The summed E-state index contributed by atoms with van der Waals surface area (Å²) in [7, 11) is 0. The number of hydrogen-bond donors (Lipinski definition) is 1. The highest BCUT2D eigenvalue weighted by molar-refractivity contribution is 9.10. The molecule has 0 amide bonds. The van der Waals surface area contributed by atoms with E-state index in [4.69, 9.17) is 11.6 Å². The van der Waals surface area contributed by atoms with Gasteiger partial charge in [0.15, 0.2) is 0 Å². The number of aromatic nitrogens is 1. The van der Waals surface area contributed by atoms with Crippen LogP contribution >= 0.6 is 38.9 Å². The van der Waals surface area contributed by atoms with Gasteiger partial charge >= 0.3 is 0 Å². The summed E-state index contributed by atoms with van der Waals surface area (Å²) in [5.74, 6) is 0. The highest BCUT2D eigenvalue weighted by atomic mass is 79.9. The number of nitrogens with zero attached hydrogens (tertiary/aromatic N) is 1. The Morgan fingerprint density at radius 3 is 2.78 bits per heavy atom. The van der Waals surface area contributed by atoms with Crippen molar-refractivity contribution in [2.24, 2.45) is 0 Å². The van der Waals surface area contributed by atoms with Crippen molar-refractivity contribution in [2.45, 2.75) is 25.9 Å². The Morgan fingerprint density at radius 2 is 2.28 bits per heavy atom. The molecule has 1 unspecified atom stereocenters. The zero-order chi connectivity index (χ0) is 13.1. The van der Waals surface area contributed by atoms with Crippen molar-refractivity contribution in [1.82, 2.24) is 4.98 Å². The molecule has 0 spiro atoms. The largest absolute Gasteiger partial charge is 0.387 e. The molecule has 5 heteroatoms. The first-order valence-electron chi connectivity index (χ1n) is 5.66. The number of pyridine rings is 1. The summed E-state index contributed by atoms with van der Waals surface area (Å²) >= 11 is 10.7. The third-order valence-electron chi connectivity index (χ3n) is 2.69. The molecule has 96 valence electrons. The normalized spacial score (nSPS) is 12.7. The van der Waals surface area contributed by atoms with Crippen molar-refractivity contribution >= 4 is 38.9 Å². The summed E-state index contributed by atoms with van der Waals surface area (Å²) in [6.45, 7) is 2.09. The molecule has 0 radical (unpaired) electrons. The molecule has 2 heterocycles. The summed E-state index contributed by atoms with van der Waals surface area (Å²) in [4.78, 5) is 5.20. The lowest BCUT2D eigenvalue weighted by molar-refractivity contribution is 0.181. The van der Waals surface area contributed by atoms with Crippen LogP contribution in [0.15, 0.2) is 28.9 Å². The van der Waals surface area contributed by atoms with Crippen molar-refractivity contribution in [3.63, 3.8) is 0 Å². The van der Waals surface area contributed by atoms with E-state index in [-0.39, 0.29) is 0 Å². The quantitative estimate of drug-likeness (QED) is 0.890. The fraction of sp³-hybridized carbons (Fsp3) is 0.308. The van der Waals surface area contributed by atoms with Crippen LogP contribution in [0.4, 0.5) is 0 Å². The standard InChI is InChI=1S/C13H13BrClNOS/c1-2-8-3-4-9(16-7-8)5-11(17)12-6-10(14)13(15)18-12/h3-4,6-7,11,17H,2,5H2,1H3. The van der Waals surface area contributed by atoms with Crippen LogP contribution in [-0.2, 0) is 12.8 Å². The first kappa shape index (κ1) is 14.0. The fourth-order valence-corrected chi connectivity index (χ4v) is 3.33. The third kappa shape index (κ3) is 3.32. The molecule has 0 saturated carbocycles. The van der Waals surface area contributed by atoms with Gasteiger partial charge in [-0.2, -0.15) is 0 Å². The van der Waals surface area contributed by atoms with Crippen LogP contribution in [0.2, 0.25) is 4.34 Å². The van der Waals surface area contributed by atoms with Crippen LogP contribution in [0, 0.1) is 0 Å². The smallest absolute Gasteiger partial charge is 0.107 e. The van der Waals surface area contributed by atoms with Gasteiger partial charge in [0.1, 0.15) is 4.34 Å². The molecule has 1 atom stereocenters. The van der Waals surface area contributed by atoms with Crippen LogP contribution < -0.4 is 0 Å². The van der Waals surface area contributed by atoms with Crippen molar-refractivity contribution in [2.75, 3.05) is 0 Å². The number of thiophene rings is 1. The Kier molecular flexibility index (Phi) is 4.78. The molecule has 0 aliphatic rings. The first-order chi connectivity index (χ1) is 8.60. The van der Waals surface area contributed by atoms with E-state index in [2.05, 4.69) is 27.8 Å². The van der Waals surface area contributed by atoms with Gasteiger partial charge in [-0.1, -0.05) is 24.6 Å². The molecule has 0 bridgehead atoms. The van der Waals surface area contributed by atoms with E-state index >= 15 is 0 Å². The van der Waals surface area contributed by atoms with E-state index in [1.165, 1.54) is 16.9 Å². The summed E-state index contributed by atoms with van der Waals surface area (Å²) in [5.41, 5.74) is 2.09. The number of hydrogen-bond acceptors (Lipinski definition) is 3. The van der Waals surface area contributed by atoms with E-state index in [1.807, 2.05) is 24.4 Å². The van der Waals surface area contributed by atoms with Crippen LogP contribution in [-0.4, -0.2) is 10.1 Å². The molecular weight excluding hydrogens is 334 g/mol. The highest BCUT2D eigenvalue weighted by Gasteiger charge is 2.14. The summed E-state index contributed by atoms with van der Waals surface area (Å²) in [6.07, 6.45) is 2.79. The van der Waals surface area contributed by atoms with Gasteiger partial charge in [0.2, 0.25) is 0 Å². The van der Waals surface area contributed by atoms with Crippen molar-refractivity contribution in [1.29, 1.82) is 0 Å². The van der Waals surface area contributed by atoms with E-state index < -0.39 is 6.10 Å². The van der Waals surface area contributed by atoms with Crippen LogP contribution in [0.3, 0.4) is 0 Å². The molecule has 1 N–H and O–H groups in total. The predicted molar refractivity (Wildman–Crippen MR) is 79.3 cm³/mol. The van der Waals surface area contributed by atoms with Crippen molar-refractivity contribution in [3.8, 4) is 0 Å². The van der Waals surface area contributed by atoms with Gasteiger partial charge in [0.05, 0.1) is 6.10 Å². The molecule has 0 saturated heterocycles. The minimum Gasteiger partial charge on any atom is -0.387 e. The van der Waals surface area contributed by atoms with Crippen LogP contribution in [0.25, 0.3) is 0 Å². The van der Waals surface area contributed by atoms with E-state index in [0.29, 0.717) is 10.8 Å². The zero-order valence-electron chi connectivity index (χ0n) is 9.86. The molecule has 0 aliphatic carbocycles. The van der Waals surface area contributed by atoms with Gasteiger partial charge in [0, 0.05) is 27.7 Å². The molecule has 2 aromatic heterocycles. The van der Waals surface area contributed by atoms with Gasteiger partial charge < -0.3 is 5.11 Å². The maximum absolute atomic E-state index is 10.1. The SMILES string of the molecule is CCc1ccc(CC(O)c2cc(Br)c(Cl)s2)nc1. The lowest BCUT2D eigenvalue weighted by atomic mass is 10.1. The second kappa shape index (κ2) is 6.15. The van der Waals surface area contributed by atoms with Gasteiger partial charge in [-0.05, 0) is 40.0 Å². The summed E-state index contributed by atoms with van der Waals surface area (Å²) in [5, 5.41) is 10.1. The molecule has 0 aliphatic heterocycles. The average molecular weight is 347 g/mol. The molecule has 0 fully saturated rings. The van der Waals surface area contributed by atoms with Gasteiger partial charge in [-0.3, -0.25) is 4.98 Å². The van der Waals surface area contributed by atoms with Gasteiger partial charge in [-0.25, -0.2) is 0 Å². The molecule has 0 aromatic carbocycles. The average Bonchev–Trinajstić information content (AvgIpc) is 2.71. The zero-order valence-corrected chi connectivity index (χ0v) is 13.0. The lowest BCUT2D eigenvalue weighted by Crippen LogP contribution is -2.01.